The van der Waals surface area contributed by atoms with Gasteiger partial charge < -0.3 is 10.6 Å². The number of nitrogens with zero attached hydrogens (tertiary/aromatic N) is 2. The van der Waals surface area contributed by atoms with E-state index >= 15 is 0 Å². The number of nitrogens with two attached hydrogens (primary N) is 1. The third kappa shape index (κ3) is 2.94. The van der Waals surface area contributed by atoms with Gasteiger partial charge in [0, 0.05) is 19.6 Å². The smallest absolute Gasteiger partial charge is 0.217 e. The van der Waals surface area contributed by atoms with Gasteiger partial charge in [0.15, 0.2) is 0 Å². The van der Waals surface area contributed by atoms with Crippen LogP contribution in [-0.2, 0) is 10.0 Å². The van der Waals surface area contributed by atoms with Gasteiger partial charge in [-0.2, -0.15) is 0 Å². The lowest BCUT2D eigenvalue weighted by atomic mass is 10.1. The highest BCUT2D eigenvalue weighted by Gasteiger charge is 2.31. The first-order valence-electron chi connectivity index (χ1n) is 5.75. The number of piperidine rings is 1. The molecule has 1 rings (SSSR count). The van der Waals surface area contributed by atoms with Crippen LogP contribution < -0.4 is 5.73 Å². The maximum atomic E-state index is 12.1. The van der Waals surface area contributed by atoms with E-state index in [-0.39, 0.29) is 12.6 Å². The van der Waals surface area contributed by atoms with Crippen LogP contribution >= 0.6 is 0 Å². The monoisotopic (exact) mass is 249 g/mol. The molecule has 1 heterocycles. The maximum Gasteiger partial charge on any atom is 0.217 e. The quantitative estimate of drug-likeness (QED) is 0.742. The molecule has 1 unspecified atom stereocenters. The molecule has 0 radical (unpaired) electrons. The molecule has 2 N–H and O–H groups in total. The Labute approximate surface area is 98.6 Å². The van der Waals surface area contributed by atoms with Crippen LogP contribution in [0.4, 0.5) is 0 Å². The molecule has 0 spiro atoms. The molecule has 0 aliphatic carbocycles. The van der Waals surface area contributed by atoms with Crippen LogP contribution in [0.1, 0.15) is 19.8 Å². The molecule has 0 aromatic rings. The minimum Gasteiger partial charge on any atom is -0.329 e. The fourth-order valence-electron chi connectivity index (χ4n) is 1.97. The molecular weight excluding hydrogens is 226 g/mol. The molecule has 0 aromatic carbocycles. The van der Waals surface area contributed by atoms with Crippen molar-refractivity contribution < 1.29 is 8.42 Å². The second-order valence-corrected chi connectivity index (χ2v) is 7.05. The van der Waals surface area contributed by atoms with E-state index in [4.69, 9.17) is 5.73 Å². The first-order chi connectivity index (χ1) is 7.39. The predicted octanol–water partition coefficient (Wildman–Crippen LogP) is -0.311. The van der Waals surface area contributed by atoms with Crippen LogP contribution in [-0.4, -0.2) is 62.6 Å². The lowest BCUT2D eigenvalue weighted by molar-refractivity contribution is 0.197. The Morgan fingerprint density at radius 1 is 1.44 bits per heavy atom. The third-order valence-corrected chi connectivity index (χ3v) is 5.75. The highest BCUT2D eigenvalue weighted by atomic mass is 32.2. The Hall–Kier alpha value is -0.170. The molecule has 0 bridgehead atoms. The van der Waals surface area contributed by atoms with Crippen LogP contribution in [0, 0.1) is 0 Å². The number of sulfonamides is 1. The topological polar surface area (TPSA) is 66.6 Å². The van der Waals surface area contributed by atoms with E-state index in [2.05, 4.69) is 11.9 Å². The van der Waals surface area contributed by atoms with Gasteiger partial charge in [0.25, 0.3) is 0 Å². The van der Waals surface area contributed by atoms with Gasteiger partial charge in [0.1, 0.15) is 0 Å². The second-order valence-electron chi connectivity index (χ2n) is 4.64. The fraction of sp³-hybridized carbons (Fsp3) is 1.00. The van der Waals surface area contributed by atoms with Crippen molar-refractivity contribution in [1.29, 1.82) is 0 Å². The van der Waals surface area contributed by atoms with Crippen LogP contribution in [0.3, 0.4) is 0 Å². The van der Waals surface area contributed by atoms with Gasteiger partial charge in [0.05, 0.1) is 5.25 Å². The van der Waals surface area contributed by atoms with E-state index in [0.717, 1.165) is 25.9 Å². The van der Waals surface area contributed by atoms with Gasteiger partial charge >= 0.3 is 0 Å². The summed E-state index contributed by atoms with van der Waals surface area (Å²) in [6.07, 6.45) is 1.81. The van der Waals surface area contributed by atoms with Crippen molar-refractivity contribution in [3.8, 4) is 0 Å². The number of rotatable bonds is 4. The molecule has 1 atom stereocenters. The Morgan fingerprint density at radius 3 is 2.38 bits per heavy atom. The maximum absolute atomic E-state index is 12.1. The van der Waals surface area contributed by atoms with Crippen molar-refractivity contribution in [2.45, 2.75) is 31.1 Å². The lowest BCUT2D eigenvalue weighted by Gasteiger charge is -2.35. The van der Waals surface area contributed by atoms with E-state index in [1.54, 1.807) is 14.0 Å². The average molecular weight is 249 g/mol. The largest absolute Gasteiger partial charge is 0.329 e. The van der Waals surface area contributed by atoms with Crippen molar-refractivity contribution >= 4 is 10.0 Å². The van der Waals surface area contributed by atoms with Crippen molar-refractivity contribution in [2.75, 3.05) is 33.7 Å². The molecule has 5 nitrogen and oxygen atoms in total. The third-order valence-electron chi connectivity index (χ3n) is 3.44. The standard InChI is InChI=1S/C10H23N3O2S/c1-9(8-11)16(14,15)13(3)10-4-6-12(2)7-5-10/h9-10H,4-8,11H2,1-3H3. The molecule has 0 aromatic heterocycles. The van der Waals surface area contributed by atoms with E-state index in [1.165, 1.54) is 4.31 Å². The Kier molecular flexibility index (Phi) is 4.73. The van der Waals surface area contributed by atoms with Crippen LogP contribution in [0.15, 0.2) is 0 Å². The number of likely N-dealkylation sites (tertiary alicyclic amines) is 1. The predicted molar refractivity (Wildman–Crippen MR) is 65.7 cm³/mol. The zero-order valence-electron chi connectivity index (χ0n) is 10.4. The Bertz CT molecular complexity index is 310. The summed E-state index contributed by atoms with van der Waals surface area (Å²) in [5, 5.41) is -0.489. The van der Waals surface area contributed by atoms with E-state index in [0.29, 0.717) is 0 Å². The van der Waals surface area contributed by atoms with Gasteiger partial charge in [-0.1, -0.05) is 0 Å². The summed E-state index contributed by atoms with van der Waals surface area (Å²) >= 11 is 0. The molecule has 1 aliphatic heterocycles. The number of hydrogen-bond acceptors (Lipinski definition) is 4. The second kappa shape index (κ2) is 5.44. The summed E-state index contributed by atoms with van der Waals surface area (Å²) in [5.74, 6) is 0. The Balaban J connectivity index is 2.67. The van der Waals surface area contributed by atoms with Crippen LogP contribution in [0.2, 0.25) is 0 Å². The van der Waals surface area contributed by atoms with E-state index in [9.17, 15) is 8.42 Å². The summed E-state index contributed by atoms with van der Waals surface area (Å²) in [5.41, 5.74) is 5.43. The average Bonchev–Trinajstić information content (AvgIpc) is 2.28. The summed E-state index contributed by atoms with van der Waals surface area (Å²) in [4.78, 5) is 2.23. The summed E-state index contributed by atoms with van der Waals surface area (Å²) in [7, 11) is 0.524. The molecule has 96 valence electrons. The Morgan fingerprint density at radius 2 is 1.94 bits per heavy atom. The molecule has 0 amide bonds. The SMILES string of the molecule is CC(CN)S(=O)(=O)N(C)C1CCN(C)CC1. The molecule has 1 saturated heterocycles. The molecule has 1 fully saturated rings. The molecule has 6 heteroatoms. The normalized spacial score (nSPS) is 22.6. The molecule has 16 heavy (non-hydrogen) atoms. The highest BCUT2D eigenvalue weighted by Crippen LogP contribution is 2.19. The van der Waals surface area contributed by atoms with Crippen molar-refractivity contribution in [2.24, 2.45) is 5.73 Å². The van der Waals surface area contributed by atoms with Gasteiger partial charge in [-0.25, -0.2) is 12.7 Å². The molecule has 1 aliphatic rings. The van der Waals surface area contributed by atoms with Gasteiger partial charge in [0.2, 0.25) is 10.0 Å². The fourth-order valence-corrected chi connectivity index (χ4v) is 3.41. The van der Waals surface area contributed by atoms with Crippen LogP contribution in [0.25, 0.3) is 0 Å². The van der Waals surface area contributed by atoms with Crippen molar-refractivity contribution in [1.82, 2.24) is 9.21 Å². The molecular formula is C10H23N3O2S. The zero-order valence-corrected chi connectivity index (χ0v) is 11.2. The molecule has 0 saturated carbocycles. The minimum atomic E-state index is -3.22. The highest BCUT2D eigenvalue weighted by molar-refractivity contribution is 7.89. The zero-order chi connectivity index (χ0) is 12.3. The van der Waals surface area contributed by atoms with Crippen molar-refractivity contribution in [3.63, 3.8) is 0 Å². The summed E-state index contributed by atoms with van der Waals surface area (Å²) < 4.78 is 25.7. The minimum absolute atomic E-state index is 0.134. The van der Waals surface area contributed by atoms with E-state index < -0.39 is 15.3 Å². The number of hydrogen-bond donors (Lipinski definition) is 1. The lowest BCUT2D eigenvalue weighted by Crippen LogP contribution is -2.48. The van der Waals surface area contributed by atoms with Gasteiger partial charge in [-0.05, 0) is 39.9 Å². The van der Waals surface area contributed by atoms with Crippen molar-refractivity contribution in [3.05, 3.63) is 0 Å². The van der Waals surface area contributed by atoms with E-state index in [1.807, 2.05) is 0 Å². The van der Waals surface area contributed by atoms with Crippen LogP contribution in [0.5, 0.6) is 0 Å². The van der Waals surface area contributed by atoms with Gasteiger partial charge in [-0.15, -0.1) is 0 Å². The summed E-state index contributed by atoms with van der Waals surface area (Å²) in [6.45, 7) is 3.77. The first-order valence-corrected chi connectivity index (χ1v) is 7.25. The first kappa shape index (κ1) is 13.9. The van der Waals surface area contributed by atoms with Gasteiger partial charge in [-0.3, -0.25) is 0 Å². The summed E-state index contributed by atoms with van der Waals surface area (Å²) in [6, 6.07) is 0.134.